The summed E-state index contributed by atoms with van der Waals surface area (Å²) in [6.07, 6.45) is 2.96. The number of aliphatic hydroxyl groups is 2. The lowest BCUT2D eigenvalue weighted by atomic mass is 9.53. The predicted molar refractivity (Wildman–Crippen MR) is 107 cm³/mol. The summed E-state index contributed by atoms with van der Waals surface area (Å²) in [5.74, 6) is 5.46. The topological polar surface area (TPSA) is 96.2 Å². The Bertz CT molecular complexity index is 793. The van der Waals surface area contributed by atoms with Crippen molar-refractivity contribution in [2.24, 2.45) is 11.8 Å². The van der Waals surface area contributed by atoms with E-state index in [2.05, 4.69) is 11.8 Å². The van der Waals surface area contributed by atoms with Crippen molar-refractivity contribution >= 4 is 5.97 Å². The molecule has 1 unspecified atom stereocenters. The third-order valence-electron chi connectivity index (χ3n) is 5.92. The molecule has 2 aliphatic carbocycles. The standard InChI is InChI=1S/C23H28O6/c1-28-23-13-12-21(25)19(20(23)14-16(23)6-5-9-22(26)27)11-10-17(24)15-29-18-7-3-2-4-8-18/h2-4,6-8,17,19-21,24-25H,5,9,12-15H2,1H3,(H,26,27)/t17?,19-,20-,21-,23+/m0/s1. The lowest BCUT2D eigenvalue weighted by Gasteiger charge is -2.57. The SMILES string of the molecule is CO[C@@]12CC[C@H](O)[C@@H](C#CC(O)COc3ccccc3)[C@@H]1CC2=CCCC(=O)O. The molecule has 2 fully saturated rings. The van der Waals surface area contributed by atoms with Gasteiger partial charge in [-0.15, -0.1) is 0 Å². The van der Waals surface area contributed by atoms with Crippen LogP contribution in [0.5, 0.6) is 5.75 Å². The van der Waals surface area contributed by atoms with E-state index in [9.17, 15) is 15.0 Å². The van der Waals surface area contributed by atoms with Gasteiger partial charge in [0.1, 0.15) is 18.5 Å². The number of hydrogen-bond acceptors (Lipinski definition) is 5. The molecule has 5 atom stereocenters. The third kappa shape index (κ3) is 4.81. The molecule has 0 heterocycles. The Morgan fingerprint density at radius 3 is 2.83 bits per heavy atom. The highest BCUT2D eigenvalue weighted by atomic mass is 16.5. The summed E-state index contributed by atoms with van der Waals surface area (Å²) >= 11 is 0. The Hall–Kier alpha value is -2.33. The fraction of sp³-hybridized carbons (Fsp3) is 0.522. The second kappa shape index (κ2) is 9.45. The van der Waals surface area contributed by atoms with Crippen molar-refractivity contribution in [3.63, 3.8) is 0 Å². The van der Waals surface area contributed by atoms with Crippen molar-refractivity contribution in [1.29, 1.82) is 0 Å². The number of para-hydroxylation sites is 1. The summed E-state index contributed by atoms with van der Waals surface area (Å²) in [6, 6.07) is 9.22. The molecule has 0 amide bonds. The van der Waals surface area contributed by atoms with Crippen LogP contribution in [0.15, 0.2) is 42.0 Å². The van der Waals surface area contributed by atoms with E-state index >= 15 is 0 Å². The van der Waals surface area contributed by atoms with Crippen molar-refractivity contribution in [2.45, 2.75) is 49.9 Å². The van der Waals surface area contributed by atoms with Gasteiger partial charge in [-0.05, 0) is 43.4 Å². The van der Waals surface area contributed by atoms with E-state index in [0.717, 1.165) is 12.0 Å². The molecule has 1 aromatic rings. The fourth-order valence-electron chi connectivity index (χ4n) is 4.39. The van der Waals surface area contributed by atoms with Gasteiger partial charge in [0.25, 0.3) is 0 Å². The largest absolute Gasteiger partial charge is 0.490 e. The highest BCUT2D eigenvalue weighted by Gasteiger charge is 2.58. The first-order chi connectivity index (χ1) is 14.0. The smallest absolute Gasteiger partial charge is 0.303 e. The van der Waals surface area contributed by atoms with Gasteiger partial charge in [-0.2, -0.15) is 0 Å². The van der Waals surface area contributed by atoms with Crippen LogP contribution in [0, 0.1) is 23.7 Å². The summed E-state index contributed by atoms with van der Waals surface area (Å²) in [6.45, 7) is 0.0558. The number of hydrogen-bond donors (Lipinski definition) is 3. The van der Waals surface area contributed by atoms with Gasteiger partial charge in [-0.25, -0.2) is 0 Å². The summed E-state index contributed by atoms with van der Waals surface area (Å²) in [5, 5.41) is 29.5. The number of aliphatic hydroxyl groups excluding tert-OH is 2. The molecule has 6 heteroatoms. The average Bonchev–Trinajstić information content (AvgIpc) is 2.70. The number of rotatable bonds is 7. The van der Waals surface area contributed by atoms with Crippen LogP contribution < -0.4 is 4.74 Å². The van der Waals surface area contributed by atoms with Crippen molar-refractivity contribution in [3.8, 4) is 17.6 Å². The number of carboxylic acid groups (broad SMARTS) is 1. The number of benzene rings is 1. The second-order valence-corrected chi connectivity index (χ2v) is 7.63. The number of carboxylic acids is 1. The second-order valence-electron chi connectivity index (χ2n) is 7.63. The fourth-order valence-corrected chi connectivity index (χ4v) is 4.39. The number of carbonyl (C=O) groups is 1. The minimum Gasteiger partial charge on any atom is -0.490 e. The molecule has 2 aliphatic rings. The molecule has 2 saturated carbocycles. The Morgan fingerprint density at radius 1 is 1.38 bits per heavy atom. The Balaban J connectivity index is 1.64. The van der Waals surface area contributed by atoms with Crippen LogP contribution in [0.4, 0.5) is 0 Å². The predicted octanol–water partition coefficient (Wildman–Crippen LogP) is 2.40. The van der Waals surface area contributed by atoms with E-state index in [1.165, 1.54) is 0 Å². The lowest BCUT2D eigenvalue weighted by molar-refractivity contribution is -0.139. The molecular weight excluding hydrogens is 372 g/mol. The first-order valence-electron chi connectivity index (χ1n) is 9.98. The maximum absolute atomic E-state index is 10.8. The highest BCUT2D eigenvalue weighted by Crippen LogP contribution is 2.56. The van der Waals surface area contributed by atoms with Crippen molar-refractivity contribution < 1.29 is 29.6 Å². The Morgan fingerprint density at radius 2 is 2.14 bits per heavy atom. The summed E-state index contributed by atoms with van der Waals surface area (Å²) in [7, 11) is 1.65. The van der Waals surface area contributed by atoms with Crippen LogP contribution in [0.3, 0.4) is 0 Å². The molecule has 0 radical (unpaired) electrons. The van der Waals surface area contributed by atoms with Crippen LogP contribution >= 0.6 is 0 Å². The molecule has 0 spiro atoms. The molecule has 0 aliphatic heterocycles. The van der Waals surface area contributed by atoms with E-state index in [1.54, 1.807) is 7.11 Å². The van der Waals surface area contributed by atoms with E-state index < -0.39 is 23.8 Å². The molecule has 1 aromatic carbocycles. The highest BCUT2D eigenvalue weighted by molar-refractivity contribution is 5.66. The maximum atomic E-state index is 10.8. The van der Waals surface area contributed by atoms with Gasteiger partial charge in [0.15, 0.2) is 0 Å². The van der Waals surface area contributed by atoms with Crippen molar-refractivity contribution in [1.82, 2.24) is 0 Å². The van der Waals surface area contributed by atoms with Crippen LogP contribution in [0.1, 0.15) is 32.1 Å². The van der Waals surface area contributed by atoms with E-state index in [4.69, 9.17) is 14.6 Å². The average molecular weight is 400 g/mol. The van der Waals surface area contributed by atoms with Gasteiger partial charge < -0.3 is 24.8 Å². The molecule has 6 nitrogen and oxygen atoms in total. The molecule has 0 aromatic heterocycles. The van der Waals surface area contributed by atoms with Crippen molar-refractivity contribution in [3.05, 3.63) is 42.0 Å². The quantitative estimate of drug-likeness (QED) is 0.480. The van der Waals surface area contributed by atoms with Gasteiger partial charge in [0, 0.05) is 19.4 Å². The normalized spacial score (nSPS) is 30.4. The molecule has 0 bridgehead atoms. The minimum atomic E-state index is -0.952. The first kappa shape index (κ1) is 21.4. The van der Waals surface area contributed by atoms with Crippen molar-refractivity contribution in [2.75, 3.05) is 13.7 Å². The Kier molecular flexibility index (Phi) is 6.96. The van der Waals surface area contributed by atoms with E-state index in [0.29, 0.717) is 25.0 Å². The number of ether oxygens (including phenoxy) is 2. The summed E-state index contributed by atoms with van der Waals surface area (Å²) < 4.78 is 11.4. The third-order valence-corrected chi connectivity index (χ3v) is 5.92. The van der Waals surface area contributed by atoms with Crippen LogP contribution in [-0.2, 0) is 9.53 Å². The zero-order valence-corrected chi connectivity index (χ0v) is 16.6. The molecule has 29 heavy (non-hydrogen) atoms. The number of fused-ring (bicyclic) bond motifs is 1. The molecule has 3 N–H and O–H groups in total. The first-order valence-corrected chi connectivity index (χ1v) is 9.98. The monoisotopic (exact) mass is 400 g/mol. The molecular formula is C23H28O6. The molecule has 3 rings (SSSR count). The number of methoxy groups -OCH3 is 1. The molecule has 0 saturated heterocycles. The van der Waals surface area contributed by atoms with Gasteiger partial charge >= 0.3 is 5.97 Å². The summed E-state index contributed by atoms with van der Waals surface area (Å²) in [4.78, 5) is 10.8. The zero-order chi connectivity index (χ0) is 20.9. The van der Waals surface area contributed by atoms with Crippen LogP contribution in [0.25, 0.3) is 0 Å². The maximum Gasteiger partial charge on any atom is 0.303 e. The summed E-state index contributed by atoms with van der Waals surface area (Å²) in [5.41, 5.74) is 0.612. The van der Waals surface area contributed by atoms with Gasteiger partial charge in [0.2, 0.25) is 0 Å². The van der Waals surface area contributed by atoms with Crippen LogP contribution in [0.2, 0.25) is 0 Å². The number of allylic oxidation sites excluding steroid dienone is 1. The van der Waals surface area contributed by atoms with E-state index in [1.807, 2.05) is 36.4 Å². The van der Waals surface area contributed by atoms with Gasteiger partial charge in [-0.1, -0.05) is 36.1 Å². The van der Waals surface area contributed by atoms with Crippen LogP contribution in [-0.4, -0.2) is 52.8 Å². The zero-order valence-electron chi connectivity index (χ0n) is 16.6. The van der Waals surface area contributed by atoms with Gasteiger partial charge in [0.05, 0.1) is 17.6 Å². The minimum absolute atomic E-state index is 0.0297. The van der Waals surface area contributed by atoms with E-state index in [-0.39, 0.29) is 24.9 Å². The Labute approximate surface area is 171 Å². The van der Waals surface area contributed by atoms with Gasteiger partial charge in [-0.3, -0.25) is 4.79 Å². The lowest BCUT2D eigenvalue weighted by Crippen LogP contribution is -2.59. The number of aliphatic carboxylic acids is 1. The molecule has 156 valence electrons.